The summed E-state index contributed by atoms with van der Waals surface area (Å²) in [6, 6.07) is 9.11. The van der Waals surface area contributed by atoms with Crippen molar-refractivity contribution in [2.75, 3.05) is 13.1 Å². The molecule has 0 bridgehead atoms. The van der Waals surface area contributed by atoms with Crippen LogP contribution in [0.1, 0.15) is 45.2 Å². The normalized spacial score (nSPS) is 14.8. The van der Waals surface area contributed by atoms with Crippen LogP contribution in [-0.4, -0.2) is 24.0 Å². The van der Waals surface area contributed by atoms with Gasteiger partial charge in [-0.25, -0.2) is 0 Å². The van der Waals surface area contributed by atoms with Gasteiger partial charge in [0.05, 0.1) is 0 Å². The number of hydrogen-bond donors (Lipinski definition) is 1. The van der Waals surface area contributed by atoms with Crippen LogP contribution in [0, 0.1) is 0 Å². The summed E-state index contributed by atoms with van der Waals surface area (Å²) < 4.78 is 1.10. The van der Waals surface area contributed by atoms with Gasteiger partial charge in [0.25, 0.3) is 0 Å². The molecule has 2 unspecified atom stereocenters. The monoisotopic (exact) mass is 312 g/mol. The van der Waals surface area contributed by atoms with Crippen LogP contribution in [0.4, 0.5) is 0 Å². The molecule has 1 aromatic carbocycles. The Bertz CT molecular complexity index is 337. The first-order valence-electron chi connectivity index (χ1n) is 6.83. The highest BCUT2D eigenvalue weighted by molar-refractivity contribution is 9.10. The minimum absolute atomic E-state index is 0.135. The van der Waals surface area contributed by atoms with Crippen LogP contribution in [0.15, 0.2) is 28.7 Å². The molecule has 2 nitrogen and oxygen atoms in total. The van der Waals surface area contributed by atoms with E-state index in [-0.39, 0.29) is 6.04 Å². The highest BCUT2D eigenvalue weighted by Crippen LogP contribution is 2.18. The molecule has 102 valence electrons. The topological polar surface area (TPSA) is 29.3 Å². The second-order valence-corrected chi connectivity index (χ2v) is 5.75. The highest BCUT2D eigenvalue weighted by Gasteiger charge is 2.12. The third-order valence-corrected chi connectivity index (χ3v) is 4.17. The molecule has 2 N–H and O–H groups in total. The lowest BCUT2D eigenvalue weighted by molar-refractivity contribution is 0.207. The fraction of sp³-hybridized carbons (Fsp3) is 0.600. The first-order valence-corrected chi connectivity index (χ1v) is 7.62. The lowest BCUT2D eigenvalue weighted by Crippen LogP contribution is -2.34. The maximum atomic E-state index is 6.25. The van der Waals surface area contributed by atoms with Crippen LogP contribution in [0.5, 0.6) is 0 Å². The van der Waals surface area contributed by atoms with Crippen LogP contribution in [0.3, 0.4) is 0 Å². The molecule has 0 saturated heterocycles. The first-order chi connectivity index (χ1) is 8.58. The fourth-order valence-electron chi connectivity index (χ4n) is 2.13. The maximum Gasteiger partial charge on any atom is 0.0307 e. The number of benzene rings is 1. The molecule has 3 heteroatoms. The van der Waals surface area contributed by atoms with E-state index >= 15 is 0 Å². The molecule has 0 amide bonds. The summed E-state index contributed by atoms with van der Waals surface area (Å²) in [6.07, 6.45) is 2.21. The molecule has 1 aromatic rings. The summed E-state index contributed by atoms with van der Waals surface area (Å²) in [5, 5.41) is 0. The quantitative estimate of drug-likeness (QED) is 0.825. The zero-order valence-electron chi connectivity index (χ0n) is 11.7. The average Bonchev–Trinajstić information content (AvgIpc) is 2.39. The van der Waals surface area contributed by atoms with Gasteiger partial charge in [-0.2, -0.15) is 0 Å². The molecule has 2 atom stereocenters. The Morgan fingerprint density at radius 3 is 2.33 bits per heavy atom. The van der Waals surface area contributed by atoms with Crippen molar-refractivity contribution in [2.45, 2.75) is 45.7 Å². The Balaban J connectivity index is 2.49. The van der Waals surface area contributed by atoms with E-state index in [1.807, 2.05) is 0 Å². The fourth-order valence-corrected chi connectivity index (χ4v) is 2.39. The van der Waals surface area contributed by atoms with E-state index in [9.17, 15) is 0 Å². The Kier molecular flexibility index (Phi) is 6.90. The lowest BCUT2D eigenvalue weighted by Gasteiger charge is -2.28. The van der Waals surface area contributed by atoms with Gasteiger partial charge >= 0.3 is 0 Å². The zero-order valence-corrected chi connectivity index (χ0v) is 13.3. The van der Waals surface area contributed by atoms with E-state index in [4.69, 9.17) is 5.73 Å². The van der Waals surface area contributed by atoms with E-state index in [0.717, 1.165) is 24.0 Å². The summed E-state index contributed by atoms with van der Waals surface area (Å²) in [6.45, 7) is 8.92. The van der Waals surface area contributed by atoms with Crippen LogP contribution in [-0.2, 0) is 0 Å². The van der Waals surface area contributed by atoms with Crippen molar-refractivity contribution in [3.05, 3.63) is 34.3 Å². The minimum atomic E-state index is 0.135. The van der Waals surface area contributed by atoms with Gasteiger partial charge in [0.2, 0.25) is 0 Å². The molecule has 0 fully saturated rings. The van der Waals surface area contributed by atoms with E-state index in [1.54, 1.807) is 0 Å². The molecular formula is C15H25BrN2. The molecule has 0 aliphatic heterocycles. The van der Waals surface area contributed by atoms with Crippen molar-refractivity contribution in [3.8, 4) is 0 Å². The van der Waals surface area contributed by atoms with Crippen molar-refractivity contribution in [1.29, 1.82) is 0 Å². The second kappa shape index (κ2) is 7.93. The van der Waals surface area contributed by atoms with Gasteiger partial charge in [0, 0.05) is 23.1 Å². The zero-order chi connectivity index (χ0) is 13.5. The van der Waals surface area contributed by atoms with E-state index in [1.165, 1.54) is 12.0 Å². The summed E-state index contributed by atoms with van der Waals surface area (Å²) in [4.78, 5) is 2.50. The third kappa shape index (κ3) is 4.71. The van der Waals surface area contributed by atoms with Gasteiger partial charge in [-0.05, 0) is 44.0 Å². The molecule has 0 aliphatic carbocycles. The van der Waals surface area contributed by atoms with Gasteiger partial charge in [0.15, 0.2) is 0 Å². The van der Waals surface area contributed by atoms with E-state index < -0.39 is 0 Å². The van der Waals surface area contributed by atoms with Crippen molar-refractivity contribution in [3.63, 3.8) is 0 Å². The molecule has 0 aliphatic rings. The molecule has 0 radical (unpaired) electrons. The molecule has 0 saturated carbocycles. The third-order valence-electron chi connectivity index (χ3n) is 3.65. The predicted molar refractivity (Wildman–Crippen MR) is 82.7 cm³/mol. The average molecular weight is 313 g/mol. The van der Waals surface area contributed by atoms with E-state index in [2.05, 4.69) is 65.9 Å². The predicted octanol–water partition coefficient (Wildman–Crippen LogP) is 3.96. The number of nitrogens with two attached hydrogens (primary N) is 1. The Morgan fingerprint density at radius 2 is 1.83 bits per heavy atom. The smallest absolute Gasteiger partial charge is 0.0307 e. The lowest BCUT2D eigenvalue weighted by atomic mass is 10.0. The van der Waals surface area contributed by atoms with Crippen molar-refractivity contribution >= 4 is 15.9 Å². The molecule has 0 heterocycles. The largest absolute Gasteiger partial charge is 0.324 e. The van der Waals surface area contributed by atoms with E-state index in [0.29, 0.717) is 6.04 Å². The minimum Gasteiger partial charge on any atom is -0.324 e. The Labute approximate surface area is 120 Å². The summed E-state index contributed by atoms with van der Waals surface area (Å²) in [5.74, 6) is 0. The summed E-state index contributed by atoms with van der Waals surface area (Å²) in [5.41, 5.74) is 7.47. The molecule has 0 spiro atoms. The molecular weight excluding hydrogens is 288 g/mol. The van der Waals surface area contributed by atoms with Crippen molar-refractivity contribution < 1.29 is 0 Å². The van der Waals surface area contributed by atoms with Crippen LogP contribution in [0.25, 0.3) is 0 Å². The van der Waals surface area contributed by atoms with Crippen molar-refractivity contribution in [1.82, 2.24) is 4.90 Å². The van der Waals surface area contributed by atoms with Gasteiger partial charge in [0.1, 0.15) is 0 Å². The Hall–Kier alpha value is -0.380. The van der Waals surface area contributed by atoms with Gasteiger partial charge in [-0.3, -0.25) is 0 Å². The summed E-state index contributed by atoms with van der Waals surface area (Å²) in [7, 11) is 0. The standard InChI is InChI=1S/C15H25BrN2/c1-4-12(3)18(5-2)11-10-15(17)13-6-8-14(16)9-7-13/h6-9,12,15H,4-5,10-11,17H2,1-3H3. The van der Waals surface area contributed by atoms with Gasteiger partial charge in [-0.15, -0.1) is 0 Å². The Morgan fingerprint density at radius 1 is 1.22 bits per heavy atom. The molecule has 1 rings (SSSR count). The number of halogens is 1. The number of rotatable bonds is 7. The first kappa shape index (κ1) is 15.7. The molecule has 0 aromatic heterocycles. The number of nitrogens with zero attached hydrogens (tertiary/aromatic N) is 1. The molecule has 18 heavy (non-hydrogen) atoms. The van der Waals surface area contributed by atoms with Crippen LogP contribution in [0.2, 0.25) is 0 Å². The van der Waals surface area contributed by atoms with Crippen molar-refractivity contribution in [2.24, 2.45) is 5.73 Å². The van der Waals surface area contributed by atoms with Crippen LogP contribution >= 0.6 is 15.9 Å². The summed E-state index contributed by atoms with van der Waals surface area (Å²) >= 11 is 3.45. The van der Waals surface area contributed by atoms with Gasteiger partial charge in [-0.1, -0.05) is 41.9 Å². The van der Waals surface area contributed by atoms with Gasteiger partial charge < -0.3 is 10.6 Å². The SMILES string of the molecule is CCC(C)N(CC)CCC(N)c1ccc(Br)cc1. The maximum absolute atomic E-state index is 6.25. The number of hydrogen-bond acceptors (Lipinski definition) is 2. The second-order valence-electron chi connectivity index (χ2n) is 4.83. The highest BCUT2D eigenvalue weighted by atomic mass is 79.9. The van der Waals surface area contributed by atoms with Crippen LogP contribution < -0.4 is 5.73 Å².